The summed E-state index contributed by atoms with van der Waals surface area (Å²) < 4.78 is 28.0. The molecule has 0 bridgehead atoms. The van der Waals surface area contributed by atoms with Crippen LogP contribution in [0.4, 0.5) is 0 Å². The second kappa shape index (κ2) is 6.48. The molecule has 1 aliphatic rings. The SMILES string of the molecule is CC(C)CNS(=O)(=O)N1CCN(C(C)C#N)CC1. The molecule has 18 heavy (non-hydrogen) atoms. The lowest BCUT2D eigenvalue weighted by Gasteiger charge is -2.35. The van der Waals surface area contributed by atoms with Crippen LogP contribution in [-0.4, -0.2) is 56.4 Å². The summed E-state index contributed by atoms with van der Waals surface area (Å²) in [7, 11) is -3.36. The van der Waals surface area contributed by atoms with Gasteiger partial charge in [0.15, 0.2) is 0 Å². The van der Waals surface area contributed by atoms with E-state index in [4.69, 9.17) is 5.26 Å². The molecule has 0 aromatic carbocycles. The molecule has 1 aliphatic heterocycles. The predicted octanol–water partition coefficient (Wildman–Crippen LogP) is 0.00648. The monoisotopic (exact) mass is 274 g/mol. The molecule has 1 N–H and O–H groups in total. The van der Waals surface area contributed by atoms with Crippen LogP contribution in [0.5, 0.6) is 0 Å². The van der Waals surface area contributed by atoms with Gasteiger partial charge in [0.25, 0.3) is 10.2 Å². The maximum absolute atomic E-state index is 12.0. The average molecular weight is 274 g/mol. The third-order valence-corrected chi connectivity index (χ3v) is 4.60. The number of hydrogen-bond donors (Lipinski definition) is 1. The van der Waals surface area contributed by atoms with Gasteiger partial charge in [-0.3, -0.25) is 4.90 Å². The fourth-order valence-electron chi connectivity index (χ4n) is 1.78. The highest BCUT2D eigenvalue weighted by atomic mass is 32.2. The number of hydrogen-bond acceptors (Lipinski definition) is 4. The quantitative estimate of drug-likeness (QED) is 0.766. The molecule has 1 heterocycles. The largest absolute Gasteiger partial charge is 0.286 e. The Balaban J connectivity index is 2.50. The molecule has 0 spiro atoms. The van der Waals surface area contributed by atoms with Gasteiger partial charge in [-0.15, -0.1) is 0 Å². The summed E-state index contributed by atoms with van der Waals surface area (Å²) in [4.78, 5) is 1.99. The molecule has 0 amide bonds. The molecule has 1 atom stereocenters. The molecule has 0 aromatic heterocycles. The van der Waals surface area contributed by atoms with E-state index in [0.29, 0.717) is 38.6 Å². The summed E-state index contributed by atoms with van der Waals surface area (Å²) in [5.74, 6) is 0.291. The van der Waals surface area contributed by atoms with E-state index in [1.54, 1.807) is 0 Å². The third-order valence-electron chi connectivity index (χ3n) is 3.02. The van der Waals surface area contributed by atoms with E-state index < -0.39 is 10.2 Å². The van der Waals surface area contributed by atoms with Crippen molar-refractivity contribution in [3.05, 3.63) is 0 Å². The maximum atomic E-state index is 12.0. The molecular weight excluding hydrogens is 252 g/mol. The van der Waals surface area contributed by atoms with Crippen molar-refractivity contribution in [2.24, 2.45) is 5.92 Å². The van der Waals surface area contributed by atoms with E-state index in [1.165, 1.54) is 4.31 Å². The average Bonchev–Trinajstić information content (AvgIpc) is 2.36. The van der Waals surface area contributed by atoms with Crippen LogP contribution in [0.1, 0.15) is 20.8 Å². The first-order chi connectivity index (χ1) is 8.36. The lowest BCUT2D eigenvalue weighted by molar-refractivity contribution is 0.168. The molecule has 6 nitrogen and oxygen atoms in total. The van der Waals surface area contributed by atoms with Gasteiger partial charge in [-0.25, -0.2) is 4.72 Å². The summed E-state index contributed by atoms with van der Waals surface area (Å²) in [6.45, 7) is 8.33. The second-order valence-corrected chi connectivity index (χ2v) is 6.74. The Morgan fingerprint density at radius 1 is 1.22 bits per heavy atom. The van der Waals surface area contributed by atoms with Crippen LogP contribution < -0.4 is 4.72 Å². The molecule has 0 radical (unpaired) electrons. The number of rotatable bonds is 5. The smallest absolute Gasteiger partial charge is 0.279 e. The highest BCUT2D eigenvalue weighted by Crippen LogP contribution is 2.09. The van der Waals surface area contributed by atoms with E-state index in [0.717, 1.165) is 0 Å². The summed E-state index contributed by atoms with van der Waals surface area (Å²) in [6, 6.07) is 2.02. The third kappa shape index (κ3) is 4.21. The molecule has 104 valence electrons. The van der Waals surface area contributed by atoms with Gasteiger partial charge >= 0.3 is 0 Å². The van der Waals surface area contributed by atoms with Gasteiger partial charge in [-0.1, -0.05) is 13.8 Å². The molecule has 1 saturated heterocycles. The molecular formula is C11H22N4O2S. The fourth-order valence-corrected chi connectivity index (χ4v) is 3.15. The molecule has 0 saturated carbocycles. The Kier molecular flexibility index (Phi) is 5.53. The summed E-state index contributed by atoms with van der Waals surface area (Å²) in [5, 5.41) is 8.82. The van der Waals surface area contributed by atoms with Crippen molar-refractivity contribution < 1.29 is 8.42 Å². The van der Waals surface area contributed by atoms with Crippen molar-refractivity contribution >= 4 is 10.2 Å². The van der Waals surface area contributed by atoms with Crippen LogP contribution in [0.15, 0.2) is 0 Å². The number of nitrogens with one attached hydrogen (secondary N) is 1. The predicted molar refractivity (Wildman–Crippen MR) is 70.0 cm³/mol. The van der Waals surface area contributed by atoms with Crippen molar-refractivity contribution in [2.45, 2.75) is 26.8 Å². The molecule has 1 fully saturated rings. The van der Waals surface area contributed by atoms with Gasteiger partial charge in [0.05, 0.1) is 12.1 Å². The molecule has 0 aliphatic carbocycles. The normalized spacial score (nSPS) is 20.8. The Morgan fingerprint density at radius 3 is 2.22 bits per heavy atom. The van der Waals surface area contributed by atoms with E-state index in [-0.39, 0.29) is 6.04 Å². The summed E-state index contributed by atoms with van der Waals surface area (Å²) in [5.41, 5.74) is 0. The Hall–Kier alpha value is -0.680. The molecule has 7 heteroatoms. The highest BCUT2D eigenvalue weighted by molar-refractivity contribution is 7.87. The van der Waals surface area contributed by atoms with E-state index in [9.17, 15) is 8.42 Å². The first-order valence-electron chi connectivity index (χ1n) is 6.25. The van der Waals surface area contributed by atoms with E-state index in [1.807, 2.05) is 25.7 Å². The van der Waals surface area contributed by atoms with Crippen molar-refractivity contribution in [3.63, 3.8) is 0 Å². The van der Waals surface area contributed by atoms with Crippen LogP contribution in [0, 0.1) is 17.2 Å². The van der Waals surface area contributed by atoms with Crippen molar-refractivity contribution in [1.82, 2.24) is 13.9 Å². The van der Waals surface area contributed by atoms with Gasteiger partial charge in [0, 0.05) is 32.7 Å². The van der Waals surface area contributed by atoms with Gasteiger partial charge < -0.3 is 0 Å². The van der Waals surface area contributed by atoms with Crippen LogP contribution in [0.3, 0.4) is 0 Å². The number of nitriles is 1. The standard InChI is InChI=1S/C11H22N4O2S/c1-10(2)9-13-18(16,17)15-6-4-14(5-7-15)11(3)8-12/h10-11,13H,4-7,9H2,1-3H3. The maximum Gasteiger partial charge on any atom is 0.279 e. The Morgan fingerprint density at radius 2 is 1.78 bits per heavy atom. The number of piperazine rings is 1. The van der Waals surface area contributed by atoms with E-state index in [2.05, 4.69) is 10.8 Å². The van der Waals surface area contributed by atoms with Gasteiger partial charge in [0.1, 0.15) is 0 Å². The van der Waals surface area contributed by atoms with Gasteiger partial charge in [-0.05, 0) is 12.8 Å². The molecule has 0 aromatic rings. The van der Waals surface area contributed by atoms with Crippen molar-refractivity contribution in [2.75, 3.05) is 32.7 Å². The fraction of sp³-hybridized carbons (Fsp3) is 0.909. The minimum Gasteiger partial charge on any atom is -0.286 e. The van der Waals surface area contributed by atoms with Crippen LogP contribution in [0.25, 0.3) is 0 Å². The zero-order valence-corrected chi connectivity index (χ0v) is 12.1. The minimum absolute atomic E-state index is 0.154. The second-order valence-electron chi connectivity index (χ2n) is 4.99. The van der Waals surface area contributed by atoms with Crippen LogP contribution >= 0.6 is 0 Å². The highest BCUT2D eigenvalue weighted by Gasteiger charge is 2.28. The zero-order chi connectivity index (χ0) is 13.8. The number of nitrogens with zero attached hydrogens (tertiary/aromatic N) is 3. The Labute approximate surface area is 110 Å². The zero-order valence-electron chi connectivity index (χ0n) is 11.3. The Bertz CT molecular complexity index is 394. The van der Waals surface area contributed by atoms with E-state index >= 15 is 0 Å². The topological polar surface area (TPSA) is 76.4 Å². The first-order valence-corrected chi connectivity index (χ1v) is 7.69. The van der Waals surface area contributed by atoms with Crippen LogP contribution in [-0.2, 0) is 10.2 Å². The van der Waals surface area contributed by atoms with Crippen LogP contribution in [0.2, 0.25) is 0 Å². The van der Waals surface area contributed by atoms with Crippen molar-refractivity contribution in [3.8, 4) is 6.07 Å². The minimum atomic E-state index is -3.36. The lowest BCUT2D eigenvalue weighted by atomic mass is 10.2. The molecule has 1 rings (SSSR count). The first kappa shape index (κ1) is 15.4. The lowest BCUT2D eigenvalue weighted by Crippen LogP contribution is -2.53. The van der Waals surface area contributed by atoms with Gasteiger partial charge in [0.2, 0.25) is 0 Å². The summed E-state index contributed by atoms with van der Waals surface area (Å²) >= 11 is 0. The summed E-state index contributed by atoms with van der Waals surface area (Å²) in [6.07, 6.45) is 0. The molecule has 1 unspecified atom stereocenters. The van der Waals surface area contributed by atoms with Crippen molar-refractivity contribution in [1.29, 1.82) is 5.26 Å². The van der Waals surface area contributed by atoms with Gasteiger partial charge in [-0.2, -0.15) is 18.0 Å².